The van der Waals surface area contributed by atoms with Gasteiger partial charge in [-0.3, -0.25) is 0 Å². The lowest BCUT2D eigenvalue weighted by molar-refractivity contribution is 0.898. The molecule has 0 aromatic heterocycles. The van der Waals surface area contributed by atoms with Gasteiger partial charge < -0.3 is 11.5 Å². The zero-order chi connectivity index (χ0) is 10.6. The monoisotopic (exact) mass is 192 g/mol. The van der Waals surface area contributed by atoms with Gasteiger partial charge in [0.1, 0.15) is 0 Å². The van der Waals surface area contributed by atoms with Gasteiger partial charge in [-0.1, -0.05) is 32.8 Å². The van der Waals surface area contributed by atoms with E-state index < -0.39 is 0 Å². The Morgan fingerprint density at radius 1 is 1.00 bits per heavy atom. The van der Waals surface area contributed by atoms with Crippen LogP contribution in [0.2, 0.25) is 0 Å². The van der Waals surface area contributed by atoms with Gasteiger partial charge in [-0.25, -0.2) is 0 Å². The Bertz CT molecular complexity index is 305. The lowest BCUT2D eigenvalue weighted by Gasteiger charge is -2.10. The number of hydrogen-bond donors (Lipinski definition) is 2. The second kappa shape index (κ2) is 4.89. The van der Waals surface area contributed by atoms with Gasteiger partial charge in [0.15, 0.2) is 0 Å². The number of rotatable bonds is 4. The van der Waals surface area contributed by atoms with Crippen LogP contribution in [0.25, 0.3) is 0 Å². The van der Waals surface area contributed by atoms with Crippen molar-refractivity contribution in [2.24, 2.45) is 0 Å². The highest BCUT2D eigenvalue weighted by atomic mass is 14.7. The van der Waals surface area contributed by atoms with Crippen LogP contribution in [0.4, 0.5) is 11.4 Å². The lowest BCUT2D eigenvalue weighted by Crippen LogP contribution is -2.02. The molecule has 1 aromatic rings. The molecule has 0 aliphatic carbocycles. The molecule has 0 bridgehead atoms. The first-order valence-electron chi connectivity index (χ1n) is 5.35. The van der Waals surface area contributed by atoms with Crippen LogP contribution >= 0.6 is 0 Å². The third kappa shape index (κ3) is 2.41. The van der Waals surface area contributed by atoms with Gasteiger partial charge in [0.05, 0.1) is 11.4 Å². The number of nitrogen functional groups attached to an aromatic ring is 2. The average Bonchev–Trinajstić information content (AvgIpc) is 2.14. The van der Waals surface area contributed by atoms with E-state index in [9.17, 15) is 0 Å². The second-order valence-electron chi connectivity index (χ2n) is 3.76. The maximum atomic E-state index is 5.91. The highest BCUT2D eigenvalue weighted by molar-refractivity contribution is 5.68. The Hall–Kier alpha value is -1.18. The van der Waals surface area contributed by atoms with E-state index in [1.54, 1.807) is 0 Å². The summed E-state index contributed by atoms with van der Waals surface area (Å²) >= 11 is 0. The van der Waals surface area contributed by atoms with Crippen LogP contribution in [0.3, 0.4) is 0 Å². The summed E-state index contributed by atoms with van der Waals surface area (Å²) in [5.41, 5.74) is 15.8. The maximum Gasteiger partial charge on any atom is 0.0580 e. The molecule has 78 valence electrons. The van der Waals surface area contributed by atoms with Crippen LogP contribution in [0.1, 0.15) is 37.8 Å². The lowest BCUT2D eigenvalue weighted by atomic mass is 10.0. The minimum absolute atomic E-state index is 0.736. The summed E-state index contributed by atoms with van der Waals surface area (Å²) in [6, 6.07) is 4.19. The van der Waals surface area contributed by atoms with E-state index in [0.29, 0.717) is 0 Å². The topological polar surface area (TPSA) is 52.0 Å². The summed E-state index contributed by atoms with van der Waals surface area (Å²) in [7, 11) is 0. The molecule has 0 amide bonds. The molecular weight excluding hydrogens is 172 g/mol. The van der Waals surface area contributed by atoms with Crippen LogP contribution in [-0.2, 0) is 12.8 Å². The highest BCUT2D eigenvalue weighted by Gasteiger charge is 2.04. The number of aryl methyl sites for hydroxylation is 2. The minimum atomic E-state index is 0.736. The van der Waals surface area contributed by atoms with Gasteiger partial charge in [-0.2, -0.15) is 0 Å². The van der Waals surface area contributed by atoms with E-state index in [-0.39, 0.29) is 0 Å². The van der Waals surface area contributed by atoms with Gasteiger partial charge in [0.2, 0.25) is 0 Å². The maximum absolute atomic E-state index is 5.91. The van der Waals surface area contributed by atoms with Crippen molar-refractivity contribution in [3.63, 3.8) is 0 Å². The normalized spacial score (nSPS) is 10.4. The molecule has 0 atom stereocenters. The minimum Gasteiger partial charge on any atom is -0.397 e. The van der Waals surface area contributed by atoms with Crippen molar-refractivity contribution in [2.75, 3.05) is 11.5 Å². The Labute approximate surface area is 86.3 Å². The molecule has 0 aliphatic rings. The molecule has 2 heteroatoms. The van der Waals surface area contributed by atoms with E-state index >= 15 is 0 Å². The Morgan fingerprint density at radius 3 is 2.21 bits per heavy atom. The molecule has 1 rings (SSSR count). The smallest absolute Gasteiger partial charge is 0.0580 e. The second-order valence-corrected chi connectivity index (χ2v) is 3.76. The number of benzene rings is 1. The fourth-order valence-electron chi connectivity index (χ4n) is 1.72. The third-order valence-corrected chi connectivity index (χ3v) is 2.42. The predicted molar refractivity (Wildman–Crippen MR) is 63.3 cm³/mol. The van der Waals surface area contributed by atoms with Crippen molar-refractivity contribution in [1.29, 1.82) is 0 Å². The molecule has 0 fully saturated rings. The summed E-state index contributed by atoms with van der Waals surface area (Å²) in [6.45, 7) is 4.33. The third-order valence-electron chi connectivity index (χ3n) is 2.42. The van der Waals surface area contributed by atoms with Gasteiger partial charge in [0.25, 0.3) is 0 Å². The Balaban J connectivity index is 3.01. The van der Waals surface area contributed by atoms with Gasteiger partial charge >= 0.3 is 0 Å². The van der Waals surface area contributed by atoms with E-state index in [1.807, 2.05) is 6.07 Å². The van der Waals surface area contributed by atoms with Crippen LogP contribution in [-0.4, -0.2) is 0 Å². The van der Waals surface area contributed by atoms with E-state index in [1.165, 1.54) is 11.1 Å². The summed E-state index contributed by atoms with van der Waals surface area (Å²) in [5.74, 6) is 0. The number of nitrogens with two attached hydrogens (primary N) is 2. The fraction of sp³-hybridized carbons (Fsp3) is 0.500. The predicted octanol–water partition coefficient (Wildman–Crippen LogP) is 2.76. The van der Waals surface area contributed by atoms with Crippen LogP contribution in [0, 0.1) is 0 Å². The van der Waals surface area contributed by atoms with Gasteiger partial charge in [-0.15, -0.1) is 0 Å². The molecule has 0 saturated carbocycles. The van der Waals surface area contributed by atoms with E-state index in [0.717, 1.165) is 37.1 Å². The quantitative estimate of drug-likeness (QED) is 0.721. The summed E-state index contributed by atoms with van der Waals surface area (Å²) < 4.78 is 0. The first kappa shape index (κ1) is 10.9. The first-order chi connectivity index (χ1) is 6.69. The largest absolute Gasteiger partial charge is 0.397 e. The Kier molecular flexibility index (Phi) is 3.81. The van der Waals surface area contributed by atoms with E-state index in [2.05, 4.69) is 19.9 Å². The number of anilines is 2. The van der Waals surface area contributed by atoms with Crippen LogP contribution in [0.5, 0.6) is 0 Å². The Morgan fingerprint density at radius 2 is 1.64 bits per heavy atom. The van der Waals surface area contributed by atoms with Crippen LogP contribution in [0.15, 0.2) is 12.1 Å². The molecular formula is C12H20N2. The molecule has 2 nitrogen and oxygen atoms in total. The van der Waals surface area contributed by atoms with Gasteiger partial charge in [0, 0.05) is 0 Å². The van der Waals surface area contributed by atoms with Gasteiger partial charge in [-0.05, 0) is 30.0 Å². The fourth-order valence-corrected chi connectivity index (χ4v) is 1.72. The molecule has 4 N–H and O–H groups in total. The molecule has 0 radical (unpaired) electrons. The molecule has 0 saturated heterocycles. The summed E-state index contributed by atoms with van der Waals surface area (Å²) in [5, 5.41) is 0. The molecule has 0 heterocycles. The standard InChI is InChI=1S/C12H20N2/c1-3-5-9-7-10(6-4-2)12(14)11(13)8-9/h7-8H,3-6,13-14H2,1-2H3. The van der Waals surface area contributed by atoms with Crippen molar-refractivity contribution in [3.05, 3.63) is 23.3 Å². The number of hydrogen-bond acceptors (Lipinski definition) is 2. The molecule has 14 heavy (non-hydrogen) atoms. The summed E-state index contributed by atoms with van der Waals surface area (Å²) in [4.78, 5) is 0. The average molecular weight is 192 g/mol. The van der Waals surface area contributed by atoms with Crippen molar-refractivity contribution < 1.29 is 0 Å². The van der Waals surface area contributed by atoms with Crippen LogP contribution < -0.4 is 11.5 Å². The molecule has 0 aliphatic heterocycles. The summed E-state index contributed by atoms with van der Waals surface area (Å²) in [6.07, 6.45) is 4.36. The molecule has 0 unspecified atom stereocenters. The zero-order valence-electron chi connectivity index (χ0n) is 9.14. The SMILES string of the molecule is CCCc1cc(N)c(N)c(CCC)c1. The highest BCUT2D eigenvalue weighted by Crippen LogP contribution is 2.24. The molecule has 0 spiro atoms. The molecule has 1 aromatic carbocycles. The van der Waals surface area contributed by atoms with Crippen molar-refractivity contribution in [2.45, 2.75) is 39.5 Å². The van der Waals surface area contributed by atoms with Crippen molar-refractivity contribution in [1.82, 2.24) is 0 Å². The first-order valence-corrected chi connectivity index (χ1v) is 5.35. The zero-order valence-corrected chi connectivity index (χ0v) is 9.14. The van der Waals surface area contributed by atoms with E-state index in [4.69, 9.17) is 11.5 Å². The van der Waals surface area contributed by atoms with Crippen molar-refractivity contribution in [3.8, 4) is 0 Å². The van der Waals surface area contributed by atoms with Crippen molar-refractivity contribution >= 4 is 11.4 Å².